The van der Waals surface area contributed by atoms with E-state index in [0.29, 0.717) is 44.8 Å². The van der Waals surface area contributed by atoms with E-state index in [0.717, 1.165) is 0 Å². The van der Waals surface area contributed by atoms with Crippen LogP contribution in [0.4, 0.5) is 0 Å². The number of ether oxygens (including phenoxy) is 1. The molecule has 3 rings (SSSR count). The molecule has 0 aromatic carbocycles. The van der Waals surface area contributed by atoms with Gasteiger partial charge in [0.25, 0.3) is 0 Å². The van der Waals surface area contributed by atoms with Gasteiger partial charge >= 0.3 is 0 Å². The summed E-state index contributed by atoms with van der Waals surface area (Å²) in [6.07, 6.45) is 2.76. The average Bonchev–Trinajstić information content (AvgIpc) is 2.91. The molecular formula is C16H26N4O4S. The molecule has 0 bridgehead atoms. The van der Waals surface area contributed by atoms with Crippen LogP contribution in [0, 0.1) is 18.3 Å². The average molecular weight is 370 g/mol. The van der Waals surface area contributed by atoms with Crippen molar-refractivity contribution in [1.82, 2.24) is 19.4 Å². The van der Waals surface area contributed by atoms with Gasteiger partial charge in [-0.3, -0.25) is 9.48 Å². The van der Waals surface area contributed by atoms with Gasteiger partial charge in [-0.1, -0.05) is 6.92 Å². The molecule has 1 aromatic heterocycles. The molecule has 140 valence electrons. The number of hydrogen-bond acceptors (Lipinski definition) is 5. The Morgan fingerprint density at radius 2 is 2.20 bits per heavy atom. The van der Waals surface area contributed by atoms with Crippen LogP contribution in [0.25, 0.3) is 0 Å². The Morgan fingerprint density at radius 3 is 2.76 bits per heavy atom. The fraction of sp³-hybridized carbons (Fsp3) is 0.750. The minimum atomic E-state index is -3.63. The fourth-order valence-corrected chi connectivity index (χ4v) is 4.95. The Labute approximate surface area is 148 Å². The Hall–Kier alpha value is -1.45. The number of carbonyl (C=O) groups excluding carboxylic acids is 1. The fourth-order valence-electron chi connectivity index (χ4n) is 3.24. The number of piperidine rings is 1. The SMILES string of the molecule is Cc1c(S(=O)(=O)N2CCC[C@H](C(=O)NCC3(C)COC3)C2)cnn1C. The standard InChI is InChI=1S/C16H26N4O4S/c1-12-14(7-18-19(12)3)25(22,23)20-6-4-5-13(8-20)15(21)17-9-16(2)10-24-11-16/h7,13H,4-6,8-11H2,1-3H3,(H,17,21)/t13-/m0/s1. The van der Waals surface area contributed by atoms with E-state index in [2.05, 4.69) is 17.3 Å². The molecule has 0 unspecified atom stereocenters. The lowest BCUT2D eigenvalue weighted by molar-refractivity contribution is -0.131. The summed E-state index contributed by atoms with van der Waals surface area (Å²) in [5, 5.41) is 6.99. The van der Waals surface area contributed by atoms with Crippen molar-refractivity contribution in [2.75, 3.05) is 32.8 Å². The lowest BCUT2D eigenvalue weighted by atomic mass is 9.88. The molecule has 9 heteroatoms. The third-order valence-corrected chi connectivity index (χ3v) is 7.12. The molecule has 25 heavy (non-hydrogen) atoms. The predicted octanol–water partition coefficient (Wildman–Crippen LogP) is 0.282. The van der Waals surface area contributed by atoms with Crippen LogP contribution in [-0.4, -0.2) is 61.3 Å². The molecule has 2 aliphatic rings. The van der Waals surface area contributed by atoms with Crippen molar-refractivity contribution in [1.29, 1.82) is 0 Å². The van der Waals surface area contributed by atoms with Gasteiger partial charge < -0.3 is 10.1 Å². The van der Waals surface area contributed by atoms with Crippen LogP contribution in [0.5, 0.6) is 0 Å². The molecule has 1 atom stereocenters. The van der Waals surface area contributed by atoms with Crippen LogP contribution in [-0.2, 0) is 26.6 Å². The summed E-state index contributed by atoms with van der Waals surface area (Å²) in [5.74, 6) is -0.388. The molecule has 0 spiro atoms. The second-order valence-electron chi connectivity index (χ2n) is 7.44. The van der Waals surface area contributed by atoms with Gasteiger partial charge in [-0.25, -0.2) is 8.42 Å². The zero-order valence-corrected chi connectivity index (χ0v) is 15.8. The summed E-state index contributed by atoms with van der Waals surface area (Å²) < 4.78 is 33.9. The molecule has 2 aliphatic heterocycles. The molecule has 1 N–H and O–H groups in total. The van der Waals surface area contributed by atoms with Crippen LogP contribution < -0.4 is 5.32 Å². The van der Waals surface area contributed by atoms with Crippen LogP contribution in [0.3, 0.4) is 0 Å². The number of nitrogens with one attached hydrogen (secondary N) is 1. The number of aromatic nitrogens is 2. The van der Waals surface area contributed by atoms with E-state index in [1.807, 2.05) is 0 Å². The van der Waals surface area contributed by atoms with Crippen LogP contribution in [0.15, 0.2) is 11.1 Å². The van der Waals surface area contributed by atoms with Crippen molar-refractivity contribution in [3.8, 4) is 0 Å². The van der Waals surface area contributed by atoms with Crippen LogP contribution in [0.2, 0.25) is 0 Å². The Bertz CT molecular complexity index is 754. The maximum absolute atomic E-state index is 12.9. The van der Waals surface area contributed by atoms with Crippen molar-refractivity contribution < 1.29 is 17.9 Å². The highest BCUT2D eigenvalue weighted by molar-refractivity contribution is 7.89. The quantitative estimate of drug-likeness (QED) is 0.804. The van der Waals surface area contributed by atoms with E-state index < -0.39 is 10.0 Å². The molecule has 0 radical (unpaired) electrons. The molecule has 1 aromatic rings. The highest BCUT2D eigenvalue weighted by atomic mass is 32.2. The summed E-state index contributed by atoms with van der Waals surface area (Å²) in [7, 11) is -1.91. The normalized spacial score (nSPS) is 23.9. The number of rotatable bonds is 5. The summed E-state index contributed by atoms with van der Waals surface area (Å²) in [6, 6.07) is 0. The van der Waals surface area contributed by atoms with E-state index in [1.165, 1.54) is 10.5 Å². The van der Waals surface area contributed by atoms with Gasteiger partial charge in [-0.15, -0.1) is 0 Å². The summed E-state index contributed by atoms with van der Waals surface area (Å²) >= 11 is 0. The number of amides is 1. The van der Waals surface area contributed by atoms with Gasteiger partial charge in [0.1, 0.15) is 4.90 Å². The molecule has 1 amide bonds. The van der Waals surface area contributed by atoms with Crippen LogP contribution >= 0.6 is 0 Å². The molecule has 2 fully saturated rings. The number of hydrogen-bond donors (Lipinski definition) is 1. The first-order valence-corrected chi connectivity index (χ1v) is 10.0. The summed E-state index contributed by atoms with van der Waals surface area (Å²) in [6.45, 7) is 6.32. The van der Waals surface area contributed by atoms with Gasteiger partial charge in [0.05, 0.1) is 31.0 Å². The predicted molar refractivity (Wildman–Crippen MR) is 91.4 cm³/mol. The monoisotopic (exact) mass is 370 g/mol. The van der Waals surface area contributed by atoms with E-state index in [-0.39, 0.29) is 28.7 Å². The second-order valence-corrected chi connectivity index (χ2v) is 9.35. The first-order valence-electron chi connectivity index (χ1n) is 8.57. The lowest BCUT2D eigenvalue weighted by Crippen LogP contribution is -2.51. The smallest absolute Gasteiger partial charge is 0.246 e. The Morgan fingerprint density at radius 1 is 1.48 bits per heavy atom. The van der Waals surface area contributed by atoms with Gasteiger partial charge in [-0.05, 0) is 19.8 Å². The van der Waals surface area contributed by atoms with E-state index in [9.17, 15) is 13.2 Å². The largest absolute Gasteiger partial charge is 0.380 e. The molecule has 0 saturated carbocycles. The first-order chi connectivity index (χ1) is 11.7. The second kappa shape index (κ2) is 6.69. The van der Waals surface area contributed by atoms with Crippen LogP contribution in [0.1, 0.15) is 25.5 Å². The minimum absolute atomic E-state index is 0.00289. The Balaban J connectivity index is 1.66. The molecule has 0 aliphatic carbocycles. The number of aryl methyl sites for hydroxylation is 1. The third kappa shape index (κ3) is 3.58. The maximum Gasteiger partial charge on any atom is 0.246 e. The number of sulfonamides is 1. The van der Waals surface area contributed by atoms with Crippen molar-refractivity contribution in [3.05, 3.63) is 11.9 Å². The molecular weight excluding hydrogens is 344 g/mol. The Kier molecular flexibility index (Phi) is 4.91. The topological polar surface area (TPSA) is 93.5 Å². The maximum atomic E-state index is 12.9. The van der Waals surface area contributed by atoms with Gasteiger partial charge in [0.15, 0.2) is 0 Å². The van der Waals surface area contributed by atoms with E-state index >= 15 is 0 Å². The van der Waals surface area contributed by atoms with Crippen molar-refractivity contribution in [2.45, 2.75) is 31.6 Å². The van der Waals surface area contributed by atoms with E-state index in [4.69, 9.17) is 4.74 Å². The molecule has 8 nitrogen and oxygen atoms in total. The molecule has 2 saturated heterocycles. The molecule has 3 heterocycles. The summed E-state index contributed by atoms with van der Waals surface area (Å²) in [5.41, 5.74) is 0.604. The lowest BCUT2D eigenvalue weighted by Gasteiger charge is -2.38. The zero-order valence-electron chi connectivity index (χ0n) is 15.0. The number of nitrogens with zero attached hydrogens (tertiary/aromatic N) is 3. The first kappa shape index (κ1) is 18.3. The van der Waals surface area contributed by atoms with Crippen molar-refractivity contribution in [3.63, 3.8) is 0 Å². The highest BCUT2D eigenvalue weighted by Gasteiger charge is 2.37. The highest BCUT2D eigenvalue weighted by Crippen LogP contribution is 2.27. The van der Waals surface area contributed by atoms with E-state index in [1.54, 1.807) is 18.7 Å². The van der Waals surface area contributed by atoms with Crippen molar-refractivity contribution >= 4 is 15.9 Å². The minimum Gasteiger partial charge on any atom is -0.380 e. The number of carbonyl (C=O) groups is 1. The van der Waals surface area contributed by atoms with Gasteiger partial charge in [-0.2, -0.15) is 9.40 Å². The van der Waals surface area contributed by atoms with Gasteiger partial charge in [0, 0.05) is 32.1 Å². The third-order valence-electron chi connectivity index (χ3n) is 5.15. The van der Waals surface area contributed by atoms with Crippen molar-refractivity contribution in [2.24, 2.45) is 18.4 Å². The van der Waals surface area contributed by atoms with Gasteiger partial charge in [0.2, 0.25) is 15.9 Å². The zero-order chi connectivity index (χ0) is 18.2. The summed E-state index contributed by atoms with van der Waals surface area (Å²) in [4.78, 5) is 12.7.